The first-order chi connectivity index (χ1) is 12.5. The molecule has 1 heterocycles. The van der Waals surface area contributed by atoms with Crippen LogP contribution in [0.4, 0.5) is 10.3 Å². The van der Waals surface area contributed by atoms with Gasteiger partial charge in [-0.05, 0) is 36.5 Å². The quantitative estimate of drug-likeness (QED) is 0.606. The number of rotatable bonds is 6. The maximum Gasteiger partial charge on any atom is 0.303 e. The molecule has 1 aromatic carbocycles. The SMILES string of the molecule is Nc1ncc2c(n1)CC(c1ccc(F)cc1)CC2=NOCCCC(=O)O. The average molecular weight is 358 g/mol. The van der Waals surface area contributed by atoms with Gasteiger partial charge in [-0.2, -0.15) is 0 Å². The molecule has 0 fully saturated rings. The molecule has 1 aromatic heterocycles. The zero-order chi connectivity index (χ0) is 18.5. The lowest BCUT2D eigenvalue weighted by molar-refractivity contribution is -0.137. The van der Waals surface area contributed by atoms with Crippen molar-refractivity contribution in [3.63, 3.8) is 0 Å². The van der Waals surface area contributed by atoms with Gasteiger partial charge in [0.1, 0.15) is 12.4 Å². The van der Waals surface area contributed by atoms with E-state index in [1.165, 1.54) is 12.1 Å². The Labute approximate surface area is 149 Å². The van der Waals surface area contributed by atoms with Crippen LogP contribution in [-0.4, -0.2) is 33.4 Å². The second-order valence-electron chi connectivity index (χ2n) is 6.11. The van der Waals surface area contributed by atoms with E-state index in [9.17, 15) is 9.18 Å². The summed E-state index contributed by atoms with van der Waals surface area (Å²) in [7, 11) is 0. The number of carbonyl (C=O) groups is 1. The van der Waals surface area contributed by atoms with Crippen molar-refractivity contribution < 1.29 is 19.1 Å². The largest absolute Gasteiger partial charge is 0.481 e. The minimum Gasteiger partial charge on any atom is -0.481 e. The highest BCUT2D eigenvalue weighted by Crippen LogP contribution is 2.32. The van der Waals surface area contributed by atoms with E-state index >= 15 is 0 Å². The third-order valence-corrected chi connectivity index (χ3v) is 4.22. The summed E-state index contributed by atoms with van der Waals surface area (Å²) in [5.74, 6) is -0.902. The third kappa shape index (κ3) is 4.33. The number of aromatic nitrogens is 2. The Morgan fingerprint density at radius 1 is 1.35 bits per heavy atom. The lowest BCUT2D eigenvalue weighted by atomic mass is 9.82. The summed E-state index contributed by atoms with van der Waals surface area (Å²) in [6.45, 7) is 0.210. The summed E-state index contributed by atoms with van der Waals surface area (Å²) in [5.41, 5.74) is 8.90. The number of halogens is 1. The Bertz CT molecular complexity index is 824. The fraction of sp³-hybridized carbons (Fsp3) is 0.333. The topological polar surface area (TPSA) is 111 Å². The smallest absolute Gasteiger partial charge is 0.303 e. The first kappa shape index (κ1) is 17.8. The van der Waals surface area contributed by atoms with Gasteiger partial charge in [0.2, 0.25) is 5.95 Å². The molecule has 136 valence electrons. The highest BCUT2D eigenvalue weighted by atomic mass is 19.1. The Morgan fingerprint density at radius 2 is 2.12 bits per heavy atom. The van der Waals surface area contributed by atoms with Crippen LogP contribution >= 0.6 is 0 Å². The van der Waals surface area contributed by atoms with E-state index in [-0.39, 0.29) is 30.7 Å². The molecule has 3 N–H and O–H groups in total. The highest BCUT2D eigenvalue weighted by Gasteiger charge is 2.27. The number of nitrogens with two attached hydrogens (primary N) is 1. The van der Waals surface area contributed by atoms with Crippen molar-refractivity contribution in [2.24, 2.45) is 5.16 Å². The number of carboxylic acid groups (broad SMARTS) is 1. The molecular weight excluding hydrogens is 339 g/mol. The summed E-state index contributed by atoms with van der Waals surface area (Å²) in [4.78, 5) is 24.2. The van der Waals surface area contributed by atoms with E-state index < -0.39 is 5.97 Å². The minimum absolute atomic E-state index is 0.0271. The van der Waals surface area contributed by atoms with Crippen LogP contribution in [-0.2, 0) is 16.1 Å². The number of nitrogens with zero attached hydrogens (tertiary/aromatic N) is 3. The molecule has 0 saturated heterocycles. The van der Waals surface area contributed by atoms with Gasteiger partial charge in [0.05, 0.1) is 11.4 Å². The van der Waals surface area contributed by atoms with Crippen LogP contribution in [0.3, 0.4) is 0 Å². The Balaban J connectivity index is 1.80. The standard InChI is InChI=1S/C18H19FN4O3/c19-13-5-3-11(4-6-13)12-8-15-14(10-21-18(20)22-15)16(9-12)23-26-7-1-2-17(24)25/h3-6,10,12H,1-2,7-9H2,(H,24,25)(H2,20,21,22). The molecule has 1 aliphatic carbocycles. The molecule has 3 rings (SSSR count). The van der Waals surface area contributed by atoms with Gasteiger partial charge in [0, 0.05) is 24.6 Å². The normalized spacial score (nSPS) is 17.7. The van der Waals surface area contributed by atoms with Crippen molar-refractivity contribution in [3.8, 4) is 0 Å². The van der Waals surface area contributed by atoms with Crippen molar-refractivity contribution in [2.45, 2.75) is 31.6 Å². The van der Waals surface area contributed by atoms with Gasteiger partial charge in [-0.3, -0.25) is 4.79 Å². The predicted molar refractivity (Wildman–Crippen MR) is 93.3 cm³/mol. The van der Waals surface area contributed by atoms with E-state index in [0.29, 0.717) is 25.0 Å². The molecule has 0 radical (unpaired) electrons. The summed E-state index contributed by atoms with van der Waals surface area (Å²) < 4.78 is 13.2. The minimum atomic E-state index is -0.871. The monoisotopic (exact) mass is 358 g/mol. The van der Waals surface area contributed by atoms with Gasteiger partial charge < -0.3 is 15.7 Å². The molecule has 7 nitrogen and oxygen atoms in total. The van der Waals surface area contributed by atoms with E-state index in [2.05, 4.69) is 15.1 Å². The molecule has 1 atom stereocenters. The molecule has 1 aliphatic rings. The maximum absolute atomic E-state index is 13.2. The fourth-order valence-corrected chi connectivity index (χ4v) is 2.95. The second kappa shape index (κ2) is 7.90. The van der Waals surface area contributed by atoms with Gasteiger partial charge in [-0.25, -0.2) is 14.4 Å². The summed E-state index contributed by atoms with van der Waals surface area (Å²) in [5, 5.41) is 12.8. The van der Waals surface area contributed by atoms with Crippen LogP contribution in [0, 0.1) is 5.82 Å². The number of aliphatic carboxylic acids is 1. The number of fused-ring (bicyclic) bond motifs is 1. The number of hydrogen-bond acceptors (Lipinski definition) is 6. The van der Waals surface area contributed by atoms with Crippen LogP contribution in [0.2, 0.25) is 0 Å². The first-order valence-electron chi connectivity index (χ1n) is 8.31. The lowest BCUT2D eigenvalue weighted by Gasteiger charge is -2.25. The van der Waals surface area contributed by atoms with Crippen molar-refractivity contribution >= 4 is 17.6 Å². The molecule has 0 saturated carbocycles. The average Bonchev–Trinajstić information content (AvgIpc) is 2.61. The molecule has 0 bridgehead atoms. The van der Waals surface area contributed by atoms with Crippen molar-refractivity contribution in [1.29, 1.82) is 0 Å². The van der Waals surface area contributed by atoms with E-state index in [1.807, 2.05) is 0 Å². The maximum atomic E-state index is 13.2. The Hall–Kier alpha value is -3.03. The molecule has 26 heavy (non-hydrogen) atoms. The molecule has 0 spiro atoms. The number of benzene rings is 1. The zero-order valence-corrected chi connectivity index (χ0v) is 14.1. The Kier molecular flexibility index (Phi) is 5.40. The molecule has 1 unspecified atom stereocenters. The molecular formula is C18H19FN4O3. The molecule has 0 aliphatic heterocycles. The van der Waals surface area contributed by atoms with Crippen LogP contribution in [0.15, 0.2) is 35.6 Å². The first-order valence-corrected chi connectivity index (χ1v) is 8.31. The van der Waals surface area contributed by atoms with Crippen LogP contribution in [0.25, 0.3) is 0 Å². The van der Waals surface area contributed by atoms with Gasteiger partial charge in [-0.15, -0.1) is 0 Å². The van der Waals surface area contributed by atoms with Crippen molar-refractivity contribution in [2.75, 3.05) is 12.3 Å². The van der Waals surface area contributed by atoms with Gasteiger partial charge >= 0.3 is 5.97 Å². The van der Waals surface area contributed by atoms with Crippen LogP contribution in [0.5, 0.6) is 0 Å². The van der Waals surface area contributed by atoms with E-state index in [0.717, 1.165) is 16.8 Å². The molecule has 0 amide bonds. The second-order valence-corrected chi connectivity index (χ2v) is 6.11. The number of carboxylic acids is 1. The van der Waals surface area contributed by atoms with Gasteiger partial charge in [0.15, 0.2) is 0 Å². The number of oxime groups is 1. The summed E-state index contributed by atoms with van der Waals surface area (Å²) >= 11 is 0. The Morgan fingerprint density at radius 3 is 2.85 bits per heavy atom. The van der Waals surface area contributed by atoms with Gasteiger partial charge in [-0.1, -0.05) is 17.3 Å². The predicted octanol–water partition coefficient (Wildman–Crippen LogP) is 2.51. The number of nitrogen functional groups attached to an aromatic ring is 1. The van der Waals surface area contributed by atoms with Crippen molar-refractivity contribution in [1.82, 2.24) is 9.97 Å². The number of anilines is 1. The fourth-order valence-electron chi connectivity index (χ4n) is 2.95. The lowest BCUT2D eigenvalue weighted by Crippen LogP contribution is -2.22. The molecule has 8 heteroatoms. The zero-order valence-electron chi connectivity index (χ0n) is 14.1. The van der Waals surface area contributed by atoms with Gasteiger partial charge in [0.25, 0.3) is 0 Å². The van der Waals surface area contributed by atoms with E-state index in [4.69, 9.17) is 15.7 Å². The van der Waals surface area contributed by atoms with Crippen molar-refractivity contribution in [3.05, 3.63) is 53.1 Å². The van der Waals surface area contributed by atoms with E-state index in [1.54, 1.807) is 18.3 Å². The summed E-state index contributed by atoms with van der Waals surface area (Å²) in [6.07, 6.45) is 3.26. The van der Waals surface area contributed by atoms with Crippen LogP contribution in [0.1, 0.15) is 42.0 Å². The summed E-state index contributed by atoms with van der Waals surface area (Å²) in [6, 6.07) is 6.36. The number of hydrogen-bond donors (Lipinski definition) is 2. The molecule has 2 aromatic rings. The van der Waals surface area contributed by atoms with Crippen LogP contribution < -0.4 is 5.73 Å². The highest BCUT2D eigenvalue weighted by molar-refractivity contribution is 6.02. The third-order valence-electron chi connectivity index (χ3n) is 4.22.